The highest BCUT2D eigenvalue weighted by molar-refractivity contribution is 7.98. The molecule has 0 aliphatic carbocycles. The molecule has 1 aliphatic rings. The van der Waals surface area contributed by atoms with Crippen molar-refractivity contribution in [2.24, 2.45) is 0 Å². The first-order valence-electron chi connectivity index (χ1n) is 10.5. The second-order valence-electron chi connectivity index (χ2n) is 7.41. The van der Waals surface area contributed by atoms with E-state index in [4.69, 9.17) is 19.2 Å². The number of amides is 1. The van der Waals surface area contributed by atoms with E-state index in [1.807, 2.05) is 17.0 Å². The standard InChI is InChI=1S/C24H27N3O4S2/c1-29-17-14-16(15-18(30-2)23(17)31-3)8-9-21(28)26-10-12-27(13-11-26)24-25-22-19(32-4)6-5-7-20(22)33-24/h5-9,14-15H,10-13H2,1-4H3/b9-8+. The smallest absolute Gasteiger partial charge is 0.246 e. The van der Waals surface area contributed by atoms with Crippen molar-refractivity contribution in [1.29, 1.82) is 0 Å². The first kappa shape index (κ1) is 23.3. The lowest BCUT2D eigenvalue weighted by atomic mass is 10.1. The number of carbonyl (C=O) groups excluding carboxylic acids is 1. The Bertz CT molecular complexity index is 1140. The fourth-order valence-corrected chi connectivity index (χ4v) is 5.47. The van der Waals surface area contributed by atoms with E-state index >= 15 is 0 Å². The zero-order valence-electron chi connectivity index (χ0n) is 19.2. The minimum absolute atomic E-state index is 0.0163. The Morgan fingerprint density at radius 2 is 1.76 bits per heavy atom. The van der Waals surface area contributed by atoms with E-state index < -0.39 is 0 Å². The molecule has 3 aromatic rings. The van der Waals surface area contributed by atoms with Crippen LogP contribution in [0.5, 0.6) is 17.2 Å². The van der Waals surface area contributed by atoms with Crippen molar-refractivity contribution >= 4 is 50.4 Å². The molecule has 1 saturated heterocycles. The van der Waals surface area contributed by atoms with Gasteiger partial charge in [-0.3, -0.25) is 4.79 Å². The van der Waals surface area contributed by atoms with Crippen LogP contribution in [0, 0.1) is 0 Å². The quantitative estimate of drug-likeness (QED) is 0.363. The van der Waals surface area contributed by atoms with Gasteiger partial charge in [-0.25, -0.2) is 4.98 Å². The Hall–Kier alpha value is -2.91. The van der Waals surface area contributed by atoms with Crippen LogP contribution in [0.25, 0.3) is 16.3 Å². The molecule has 9 heteroatoms. The number of thiazole rings is 1. The number of anilines is 1. The minimum Gasteiger partial charge on any atom is -0.493 e. The van der Waals surface area contributed by atoms with Gasteiger partial charge in [0.1, 0.15) is 0 Å². The molecule has 0 spiro atoms. The van der Waals surface area contributed by atoms with E-state index in [0.717, 1.165) is 29.3 Å². The van der Waals surface area contributed by atoms with E-state index in [0.29, 0.717) is 30.3 Å². The molecular weight excluding hydrogens is 458 g/mol. The van der Waals surface area contributed by atoms with Crippen LogP contribution in [0.1, 0.15) is 5.56 Å². The van der Waals surface area contributed by atoms with E-state index in [2.05, 4.69) is 29.4 Å². The minimum atomic E-state index is -0.0163. The van der Waals surface area contributed by atoms with Crippen LogP contribution in [0.3, 0.4) is 0 Å². The Morgan fingerprint density at radius 3 is 2.36 bits per heavy atom. The zero-order chi connectivity index (χ0) is 23.4. The molecule has 1 aromatic heterocycles. The summed E-state index contributed by atoms with van der Waals surface area (Å²) in [6.45, 7) is 2.84. The largest absolute Gasteiger partial charge is 0.493 e. The van der Waals surface area contributed by atoms with Crippen LogP contribution in [-0.2, 0) is 4.79 Å². The molecular formula is C24H27N3O4S2. The van der Waals surface area contributed by atoms with Crippen molar-refractivity contribution < 1.29 is 19.0 Å². The van der Waals surface area contributed by atoms with Gasteiger partial charge in [0.2, 0.25) is 11.7 Å². The molecule has 0 atom stereocenters. The summed E-state index contributed by atoms with van der Waals surface area (Å²) < 4.78 is 17.3. The molecule has 2 heterocycles. The van der Waals surface area contributed by atoms with Crippen LogP contribution in [-0.4, -0.2) is 69.6 Å². The number of aromatic nitrogens is 1. The van der Waals surface area contributed by atoms with Gasteiger partial charge < -0.3 is 24.0 Å². The van der Waals surface area contributed by atoms with Gasteiger partial charge in [-0.05, 0) is 42.2 Å². The van der Waals surface area contributed by atoms with Crippen LogP contribution >= 0.6 is 23.1 Å². The van der Waals surface area contributed by atoms with Crippen molar-refractivity contribution in [3.63, 3.8) is 0 Å². The predicted octanol–water partition coefficient (Wildman–Crippen LogP) is 4.41. The first-order valence-corrected chi connectivity index (χ1v) is 12.6. The average Bonchev–Trinajstić information content (AvgIpc) is 3.31. The molecule has 1 aliphatic heterocycles. The number of thioether (sulfide) groups is 1. The van der Waals surface area contributed by atoms with Crippen molar-refractivity contribution in [3.8, 4) is 17.2 Å². The Labute approximate surface area is 201 Å². The summed E-state index contributed by atoms with van der Waals surface area (Å²) in [7, 11) is 4.71. The van der Waals surface area contributed by atoms with Crippen LogP contribution in [0.4, 0.5) is 5.13 Å². The third-order valence-electron chi connectivity index (χ3n) is 5.56. The number of nitrogens with zero attached hydrogens (tertiary/aromatic N) is 3. The summed E-state index contributed by atoms with van der Waals surface area (Å²) in [5.41, 5.74) is 1.87. The van der Waals surface area contributed by atoms with Crippen molar-refractivity contribution in [3.05, 3.63) is 42.0 Å². The lowest BCUT2D eigenvalue weighted by Gasteiger charge is -2.34. The fourth-order valence-electron chi connectivity index (χ4n) is 3.80. The summed E-state index contributed by atoms with van der Waals surface area (Å²) in [6, 6.07) is 9.93. The highest BCUT2D eigenvalue weighted by Crippen LogP contribution is 2.38. The molecule has 1 fully saturated rings. The number of hydrogen-bond donors (Lipinski definition) is 0. The normalized spacial score (nSPS) is 14.2. The van der Waals surface area contributed by atoms with Crippen LogP contribution in [0.2, 0.25) is 0 Å². The summed E-state index contributed by atoms with van der Waals surface area (Å²) >= 11 is 3.43. The van der Waals surface area contributed by atoms with E-state index in [1.165, 1.54) is 9.60 Å². The predicted molar refractivity (Wildman–Crippen MR) is 135 cm³/mol. The number of ether oxygens (including phenoxy) is 3. The number of fused-ring (bicyclic) bond motifs is 1. The molecule has 0 N–H and O–H groups in total. The monoisotopic (exact) mass is 485 g/mol. The van der Waals surface area contributed by atoms with Crippen molar-refractivity contribution in [2.45, 2.75) is 4.90 Å². The molecule has 1 amide bonds. The molecule has 7 nitrogen and oxygen atoms in total. The maximum absolute atomic E-state index is 12.8. The number of para-hydroxylation sites is 1. The average molecular weight is 486 g/mol. The number of methoxy groups -OCH3 is 3. The summed E-state index contributed by atoms with van der Waals surface area (Å²) in [5.74, 6) is 1.62. The Balaban J connectivity index is 1.41. The van der Waals surface area contributed by atoms with Gasteiger partial charge >= 0.3 is 0 Å². The SMILES string of the molecule is COc1cc(/C=C/C(=O)N2CCN(c3nc4c(SC)cccc4s3)CC2)cc(OC)c1OC. The molecule has 33 heavy (non-hydrogen) atoms. The second-order valence-corrected chi connectivity index (χ2v) is 9.26. The van der Waals surface area contributed by atoms with Crippen molar-refractivity contribution in [1.82, 2.24) is 9.88 Å². The van der Waals surface area contributed by atoms with Gasteiger partial charge in [-0.2, -0.15) is 0 Å². The van der Waals surface area contributed by atoms with Gasteiger partial charge in [-0.15, -0.1) is 11.8 Å². The second kappa shape index (κ2) is 10.4. The molecule has 0 radical (unpaired) electrons. The van der Waals surface area contributed by atoms with Gasteiger partial charge in [0.25, 0.3) is 0 Å². The lowest BCUT2D eigenvalue weighted by molar-refractivity contribution is -0.126. The van der Waals surface area contributed by atoms with Gasteiger partial charge in [0, 0.05) is 37.2 Å². The summed E-state index contributed by atoms with van der Waals surface area (Å²) in [4.78, 5) is 23.0. The highest BCUT2D eigenvalue weighted by Gasteiger charge is 2.22. The number of benzene rings is 2. The van der Waals surface area contributed by atoms with E-state index in [9.17, 15) is 4.79 Å². The summed E-state index contributed by atoms with van der Waals surface area (Å²) in [5, 5.41) is 1.02. The van der Waals surface area contributed by atoms with Crippen molar-refractivity contribution in [2.75, 3.05) is 58.7 Å². The molecule has 4 rings (SSSR count). The maximum atomic E-state index is 12.8. The van der Waals surface area contributed by atoms with Gasteiger partial charge in [0.05, 0.1) is 31.5 Å². The number of hydrogen-bond acceptors (Lipinski definition) is 8. The molecule has 2 aromatic carbocycles. The lowest BCUT2D eigenvalue weighted by Crippen LogP contribution is -2.48. The number of rotatable bonds is 7. The van der Waals surface area contributed by atoms with Gasteiger partial charge in [-0.1, -0.05) is 17.4 Å². The van der Waals surface area contributed by atoms with Crippen LogP contribution in [0.15, 0.2) is 41.3 Å². The van der Waals surface area contributed by atoms with Gasteiger partial charge in [0.15, 0.2) is 16.6 Å². The molecule has 0 bridgehead atoms. The Morgan fingerprint density at radius 1 is 1.06 bits per heavy atom. The third kappa shape index (κ3) is 4.89. The maximum Gasteiger partial charge on any atom is 0.246 e. The molecule has 174 valence electrons. The molecule has 0 unspecified atom stereocenters. The fraction of sp³-hybridized carbons (Fsp3) is 0.333. The summed E-state index contributed by atoms with van der Waals surface area (Å²) in [6.07, 6.45) is 5.44. The van der Waals surface area contributed by atoms with Crippen LogP contribution < -0.4 is 19.1 Å². The zero-order valence-corrected chi connectivity index (χ0v) is 20.8. The first-order chi connectivity index (χ1) is 16.1. The Kier molecular flexibility index (Phi) is 7.29. The van der Waals surface area contributed by atoms with E-state index in [-0.39, 0.29) is 5.91 Å². The molecule has 0 saturated carbocycles. The third-order valence-corrected chi connectivity index (χ3v) is 7.41. The number of piperazine rings is 1. The topological polar surface area (TPSA) is 64.1 Å². The number of carbonyl (C=O) groups is 1. The highest BCUT2D eigenvalue weighted by atomic mass is 32.2. The van der Waals surface area contributed by atoms with E-state index in [1.54, 1.807) is 56.6 Å².